The van der Waals surface area contributed by atoms with E-state index < -0.39 is 0 Å². The second-order valence-corrected chi connectivity index (χ2v) is 10.5. The van der Waals surface area contributed by atoms with Crippen LogP contribution in [0.3, 0.4) is 0 Å². The number of nitrogens with one attached hydrogen (secondary N) is 1. The van der Waals surface area contributed by atoms with Crippen molar-refractivity contribution in [2.75, 3.05) is 20.8 Å². The molecular formula is C30H38N6O3. The third kappa shape index (κ3) is 5.83. The maximum absolute atomic E-state index is 13.2. The lowest BCUT2D eigenvalue weighted by atomic mass is 10.1. The minimum Gasteiger partial charge on any atom is -0.493 e. The van der Waals surface area contributed by atoms with Crippen LogP contribution < -0.4 is 15.0 Å². The van der Waals surface area contributed by atoms with E-state index in [1.54, 1.807) is 14.2 Å². The number of aromatic nitrogens is 5. The largest absolute Gasteiger partial charge is 0.493 e. The van der Waals surface area contributed by atoms with E-state index >= 15 is 0 Å². The Balaban J connectivity index is 1.48. The standard InChI is InChI=1S/C30H38N6O3/c1-5-26(29-32-33-34-36(29)24-8-6-7-9-24)35(15-14-21-11-13-27(38-3)28(17-21)39-4)19-23-18-22-12-10-20(2)16-25(22)31-30(23)37/h10-13,16-18,24,26H,5-9,14-15,19H2,1-4H3,(H,31,37)/t26-/m1/s1. The van der Waals surface area contributed by atoms with Gasteiger partial charge in [-0.3, -0.25) is 9.69 Å². The van der Waals surface area contributed by atoms with Gasteiger partial charge in [0.2, 0.25) is 0 Å². The summed E-state index contributed by atoms with van der Waals surface area (Å²) in [6.45, 7) is 5.40. The van der Waals surface area contributed by atoms with Crippen molar-refractivity contribution in [2.24, 2.45) is 0 Å². The average Bonchev–Trinajstić information content (AvgIpc) is 3.65. The summed E-state index contributed by atoms with van der Waals surface area (Å²) in [5.74, 6) is 2.29. The quantitative estimate of drug-likeness (QED) is 0.286. The Kier molecular flexibility index (Phi) is 8.26. The summed E-state index contributed by atoms with van der Waals surface area (Å²) in [7, 11) is 3.29. The number of aryl methyl sites for hydroxylation is 1. The zero-order chi connectivity index (χ0) is 27.4. The predicted molar refractivity (Wildman–Crippen MR) is 151 cm³/mol. The number of hydrogen-bond acceptors (Lipinski definition) is 7. The average molecular weight is 531 g/mol. The molecule has 0 amide bonds. The van der Waals surface area contributed by atoms with Crippen molar-refractivity contribution in [3.8, 4) is 11.5 Å². The highest BCUT2D eigenvalue weighted by atomic mass is 16.5. The molecule has 0 bridgehead atoms. The van der Waals surface area contributed by atoms with Crippen molar-refractivity contribution < 1.29 is 9.47 Å². The SMILES string of the molecule is CC[C@H](c1nnnn1C1CCCC1)N(CCc1ccc(OC)c(OC)c1)Cc1cc2ccc(C)cc2[nH]c1=O. The second-order valence-electron chi connectivity index (χ2n) is 10.5. The molecule has 0 aliphatic heterocycles. The third-order valence-corrected chi connectivity index (χ3v) is 7.90. The summed E-state index contributed by atoms with van der Waals surface area (Å²) in [5.41, 5.74) is 3.78. The number of H-pyrrole nitrogens is 1. The van der Waals surface area contributed by atoms with Crippen LogP contribution in [0.1, 0.15) is 73.6 Å². The molecule has 1 saturated carbocycles. The molecule has 5 rings (SSSR count). The second kappa shape index (κ2) is 12.0. The molecule has 0 spiro atoms. The first-order valence-corrected chi connectivity index (χ1v) is 13.9. The van der Waals surface area contributed by atoms with Crippen LogP contribution in [0.15, 0.2) is 47.3 Å². The topological polar surface area (TPSA) is 98.2 Å². The fourth-order valence-corrected chi connectivity index (χ4v) is 5.78. The van der Waals surface area contributed by atoms with Gasteiger partial charge in [0.15, 0.2) is 17.3 Å². The van der Waals surface area contributed by atoms with E-state index in [2.05, 4.69) is 50.5 Å². The van der Waals surface area contributed by atoms with E-state index in [0.29, 0.717) is 24.1 Å². The Bertz CT molecular complexity index is 1470. The highest BCUT2D eigenvalue weighted by Crippen LogP contribution is 2.33. The van der Waals surface area contributed by atoms with Gasteiger partial charge in [-0.25, -0.2) is 4.68 Å². The smallest absolute Gasteiger partial charge is 0.252 e. The monoisotopic (exact) mass is 530 g/mol. The maximum atomic E-state index is 13.2. The Morgan fingerprint density at radius 2 is 1.87 bits per heavy atom. The highest BCUT2D eigenvalue weighted by molar-refractivity contribution is 5.79. The number of nitrogens with zero attached hydrogens (tertiary/aromatic N) is 5. The summed E-state index contributed by atoms with van der Waals surface area (Å²) in [5, 5.41) is 14.0. The molecule has 2 heterocycles. The molecule has 9 heteroatoms. The molecular weight excluding hydrogens is 492 g/mol. The van der Waals surface area contributed by atoms with Crippen LogP contribution in [-0.2, 0) is 13.0 Å². The van der Waals surface area contributed by atoms with Crippen molar-refractivity contribution >= 4 is 10.9 Å². The van der Waals surface area contributed by atoms with Crippen LogP contribution >= 0.6 is 0 Å². The zero-order valence-corrected chi connectivity index (χ0v) is 23.3. The lowest BCUT2D eigenvalue weighted by Gasteiger charge is -2.31. The third-order valence-electron chi connectivity index (χ3n) is 7.90. The van der Waals surface area contributed by atoms with Gasteiger partial charge in [0.25, 0.3) is 5.56 Å². The number of aromatic amines is 1. The first-order chi connectivity index (χ1) is 19.0. The number of rotatable bonds is 11. The van der Waals surface area contributed by atoms with Gasteiger partial charge in [-0.2, -0.15) is 0 Å². The first kappa shape index (κ1) is 26.9. The van der Waals surface area contributed by atoms with Gasteiger partial charge in [-0.15, -0.1) is 5.10 Å². The predicted octanol–water partition coefficient (Wildman–Crippen LogP) is 5.15. The van der Waals surface area contributed by atoms with Gasteiger partial charge in [0, 0.05) is 24.2 Å². The van der Waals surface area contributed by atoms with E-state index in [-0.39, 0.29) is 11.6 Å². The molecule has 4 aromatic rings. The van der Waals surface area contributed by atoms with Crippen molar-refractivity contribution in [3.05, 3.63) is 75.3 Å². The van der Waals surface area contributed by atoms with Crippen molar-refractivity contribution in [1.29, 1.82) is 0 Å². The number of fused-ring (bicyclic) bond motifs is 1. The minimum atomic E-state index is -0.0607. The molecule has 1 fully saturated rings. The Morgan fingerprint density at radius 3 is 2.62 bits per heavy atom. The molecule has 0 saturated heterocycles. The van der Waals surface area contributed by atoms with Crippen molar-refractivity contribution in [2.45, 2.75) is 71.0 Å². The number of ether oxygens (including phenoxy) is 2. The molecule has 1 aliphatic rings. The van der Waals surface area contributed by atoms with Crippen molar-refractivity contribution in [3.63, 3.8) is 0 Å². The molecule has 0 radical (unpaired) electrons. The molecule has 1 aliphatic carbocycles. The maximum Gasteiger partial charge on any atom is 0.252 e. The van der Waals surface area contributed by atoms with Gasteiger partial charge in [-0.1, -0.05) is 38.0 Å². The first-order valence-electron chi connectivity index (χ1n) is 13.9. The normalized spacial score (nSPS) is 14.8. The summed E-state index contributed by atoms with van der Waals surface area (Å²) < 4.78 is 13.0. The van der Waals surface area contributed by atoms with Crippen LogP contribution in [0.25, 0.3) is 10.9 Å². The number of benzene rings is 2. The lowest BCUT2D eigenvalue weighted by molar-refractivity contribution is 0.169. The number of pyridine rings is 1. The van der Waals surface area contributed by atoms with Crippen LogP contribution in [0.2, 0.25) is 0 Å². The molecule has 1 atom stereocenters. The van der Waals surface area contributed by atoms with Gasteiger partial charge in [0.1, 0.15) is 0 Å². The number of methoxy groups -OCH3 is 2. The minimum absolute atomic E-state index is 0.0335. The Hall–Kier alpha value is -3.72. The lowest BCUT2D eigenvalue weighted by Crippen LogP contribution is -2.34. The number of tetrazole rings is 1. The van der Waals surface area contributed by atoms with Gasteiger partial charge >= 0.3 is 0 Å². The molecule has 206 valence electrons. The summed E-state index contributed by atoms with van der Waals surface area (Å²) in [6.07, 6.45) is 6.20. The zero-order valence-electron chi connectivity index (χ0n) is 23.3. The summed E-state index contributed by atoms with van der Waals surface area (Å²) >= 11 is 0. The van der Waals surface area contributed by atoms with Crippen LogP contribution in [0.5, 0.6) is 11.5 Å². The molecule has 9 nitrogen and oxygen atoms in total. The van der Waals surface area contributed by atoms with Crippen LogP contribution in [0.4, 0.5) is 0 Å². The highest BCUT2D eigenvalue weighted by Gasteiger charge is 2.29. The molecule has 2 aromatic carbocycles. The fourth-order valence-electron chi connectivity index (χ4n) is 5.78. The molecule has 2 aromatic heterocycles. The molecule has 1 N–H and O–H groups in total. The van der Waals surface area contributed by atoms with E-state index in [1.165, 1.54) is 12.8 Å². The summed E-state index contributed by atoms with van der Waals surface area (Å²) in [6, 6.07) is 14.5. The van der Waals surface area contributed by atoms with Crippen LogP contribution in [-0.4, -0.2) is 50.9 Å². The van der Waals surface area contributed by atoms with E-state index in [0.717, 1.165) is 65.6 Å². The van der Waals surface area contributed by atoms with E-state index in [9.17, 15) is 4.79 Å². The summed E-state index contributed by atoms with van der Waals surface area (Å²) in [4.78, 5) is 18.7. The molecule has 0 unspecified atom stereocenters. The fraction of sp³-hybridized carbons (Fsp3) is 0.467. The Morgan fingerprint density at radius 1 is 1.08 bits per heavy atom. The van der Waals surface area contributed by atoms with Crippen molar-refractivity contribution in [1.82, 2.24) is 30.1 Å². The van der Waals surface area contributed by atoms with Gasteiger partial charge < -0.3 is 14.5 Å². The number of hydrogen-bond donors (Lipinski definition) is 1. The van der Waals surface area contributed by atoms with Crippen LogP contribution in [0, 0.1) is 6.92 Å². The van der Waals surface area contributed by atoms with Gasteiger partial charge in [-0.05, 0) is 83.8 Å². The molecule has 39 heavy (non-hydrogen) atoms. The van der Waals surface area contributed by atoms with E-state index in [4.69, 9.17) is 9.47 Å². The Labute approximate surface area is 229 Å². The van der Waals surface area contributed by atoms with Gasteiger partial charge in [0.05, 0.1) is 26.3 Å². The van der Waals surface area contributed by atoms with E-state index in [1.807, 2.05) is 35.9 Å².